The van der Waals surface area contributed by atoms with Gasteiger partial charge in [0.05, 0.1) is 19.4 Å². The van der Waals surface area contributed by atoms with Crippen LogP contribution in [0.25, 0.3) is 0 Å². The van der Waals surface area contributed by atoms with Gasteiger partial charge in [0.2, 0.25) is 0 Å². The number of nitrogens with one attached hydrogen (secondary N) is 1. The van der Waals surface area contributed by atoms with Gasteiger partial charge in [0.25, 0.3) is 0 Å². The molecule has 1 aromatic carbocycles. The minimum atomic E-state index is -3.06. The lowest BCUT2D eigenvalue weighted by molar-refractivity contribution is 0.0505. The zero-order chi connectivity index (χ0) is 23.3. The molecule has 1 atom stereocenters. The molecule has 0 aliphatic heterocycles. The van der Waals surface area contributed by atoms with E-state index in [0.717, 1.165) is 23.6 Å². The number of alkyl carbamates (subject to hydrolysis) is 1. The third kappa shape index (κ3) is 13.2. The second-order valence-electron chi connectivity index (χ2n) is 8.23. The summed E-state index contributed by atoms with van der Waals surface area (Å²) in [6, 6.07) is 10.0. The molecule has 0 spiro atoms. The topological polar surface area (TPSA) is 77.1 Å². The fourth-order valence-electron chi connectivity index (χ4n) is 2.73. The van der Waals surface area contributed by atoms with Gasteiger partial charge in [0, 0.05) is 23.2 Å². The Morgan fingerprint density at radius 3 is 2.29 bits per heavy atom. The Bertz CT molecular complexity index is 674. The first-order valence-corrected chi connectivity index (χ1v) is 13.5. The molecule has 0 saturated carbocycles. The van der Waals surface area contributed by atoms with E-state index >= 15 is 0 Å². The van der Waals surface area contributed by atoms with Crippen LogP contribution in [-0.4, -0.2) is 67.9 Å². The number of amides is 1. The van der Waals surface area contributed by atoms with Crippen molar-refractivity contribution in [3.63, 3.8) is 0 Å². The molecule has 1 N–H and O–H groups in total. The van der Waals surface area contributed by atoms with Crippen molar-refractivity contribution in [2.24, 2.45) is 0 Å². The van der Waals surface area contributed by atoms with Crippen LogP contribution in [0.4, 0.5) is 4.79 Å². The van der Waals surface area contributed by atoms with Crippen LogP contribution in [0.2, 0.25) is 0 Å². The molecule has 0 radical (unpaired) electrons. The van der Waals surface area contributed by atoms with E-state index in [1.54, 1.807) is 11.8 Å². The molecule has 1 aromatic rings. The first-order chi connectivity index (χ1) is 14.6. The molecular weight excluding hydrogens is 435 g/mol. The number of carbonyl (C=O) groups is 1. The Labute approximate surface area is 192 Å². The van der Waals surface area contributed by atoms with Crippen molar-refractivity contribution in [3.05, 3.63) is 30.3 Å². The molecule has 0 bridgehead atoms. The number of carbonyl (C=O) groups excluding carboxylic acids is 1. The first kappa shape index (κ1) is 28.0. The maximum Gasteiger partial charge on any atom is 0.407 e. The van der Waals surface area contributed by atoms with Gasteiger partial charge < -0.3 is 24.0 Å². The Hall–Kier alpha value is -1.05. The number of hydrogen-bond donors (Lipinski definition) is 1. The van der Waals surface area contributed by atoms with Gasteiger partial charge in [0.1, 0.15) is 5.60 Å². The van der Waals surface area contributed by atoms with Crippen molar-refractivity contribution in [2.75, 3.05) is 45.3 Å². The van der Waals surface area contributed by atoms with E-state index in [0.29, 0.717) is 25.9 Å². The quantitative estimate of drug-likeness (QED) is 0.291. The molecule has 0 aliphatic carbocycles. The van der Waals surface area contributed by atoms with Crippen molar-refractivity contribution in [2.45, 2.75) is 57.6 Å². The van der Waals surface area contributed by atoms with Gasteiger partial charge in [-0.3, -0.25) is 4.57 Å². The minimum absolute atomic E-state index is 0.0619. The zero-order valence-electron chi connectivity index (χ0n) is 19.8. The van der Waals surface area contributed by atoms with Crippen LogP contribution < -0.4 is 5.32 Å². The van der Waals surface area contributed by atoms with E-state index in [2.05, 4.69) is 22.3 Å². The summed E-state index contributed by atoms with van der Waals surface area (Å²) in [5.41, 5.74) is -0.544. The monoisotopic (exact) mass is 474 g/mol. The number of rotatable bonds is 14. The van der Waals surface area contributed by atoms with Crippen molar-refractivity contribution >= 4 is 25.5 Å². The highest BCUT2D eigenvalue weighted by Gasteiger charge is 2.24. The number of benzene rings is 1. The van der Waals surface area contributed by atoms with E-state index in [4.69, 9.17) is 13.8 Å². The Morgan fingerprint density at radius 1 is 1.13 bits per heavy atom. The fraction of sp³-hybridized carbons (Fsp3) is 0.682. The summed E-state index contributed by atoms with van der Waals surface area (Å²) in [6.07, 6.45) is 0.670. The van der Waals surface area contributed by atoms with Gasteiger partial charge in [-0.05, 0) is 66.8 Å². The van der Waals surface area contributed by atoms with Crippen LogP contribution >= 0.6 is 19.4 Å². The molecule has 0 unspecified atom stereocenters. The number of thioether (sulfide) groups is 1. The second kappa shape index (κ2) is 14.2. The van der Waals surface area contributed by atoms with Crippen LogP contribution in [0, 0.1) is 0 Å². The highest BCUT2D eigenvalue weighted by molar-refractivity contribution is 7.99. The van der Waals surface area contributed by atoms with E-state index in [1.165, 1.54) is 0 Å². The Balaban J connectivity index is 2.61. The fourth-order valence-corrected chi connectivity index (χ4v) is 5.43. The first-order valence-electron chi connectivity index (χ1n) is 10.8. The normalized spacial score (nSPS) is 13.3. The third-order valence-corrected chi connectivity index (χ3v) is 7.41. The van der Waals surface area contributed by atoms with Crippen molar-refractivity contribution < 1.29 is 23.1 Å². The summed E-state index contributed by atoms with van der Waals surface area (Å²) in [5, 5.41) is 3.00. The van der Waals surface area contributed by atoms with Gasteiger partial charge in [-0.25, -0.2) is 4.79 Å². The van der Waals surface area contributed by atoms with Crippen LogP contribution in [0.5, 0.6) is 0 Å². The predicted octanol–water partition coefficient (Wildman–Crippen LogP) is 5.26. The average molecular weight is 475 g/mol. The van der Waals surface area contributed by atoms with Crippen molar-refractivity contribution in [1.29, 1.82) is 0 Å². The molecular formula is C22H39N2O5PS. The van der Waals surface area contributed by atoms with Crippen molar-refractivity contribution in [1.82, 2.24) is 10.2 Å². The largest absolute Gasteiger partial charge is 0.444 e. The molecule has 0 aromatic heterocycles. The van der Waals surface area contributed by atoms with Crippen LogP contribution in [-0.2, 0) is 18.3 Å². The van der Waals surface area contributed by atoms with Gasteiger partial charge in [-0.2, -0.15) is 0 Å². The molecule has 31 heavy (non-hydrogen) atoms. The molecule has 7 nitrogen and oxygen atoms in total. The molecule has 0 saturated heterocycles. The number of nitrogens with zero attached hydrogens (tertiary/aromatic N) is 1. The minimum Gasteiger partial charge on any atom is -0.444 e. The average Bonchev–Trinajstić information content (AvgIpc) is 2.68. The smallest absolute Gasteiger partial charge is 0.407 e. The third-order valence-electron chi connectivity index (χ3n) is 4.18. The standard InChI is InChI=1S/C22H39N2O5PS/c1-7-27-30(26,28-8-2)17-16-24(6)15-14-19(23-21(25)29-22(3,4)5)18-31-20-12-10-9-11-13-20/h9-13,19H,7-8,14-18H2,1-6H3,(H,23,25)/t19-/m1/s1. The SMILES string of the molecule is CCOP(=O)(CCN(C)CC[C@H](CSc1ccccc1)NC(=O)OC(C)(C)C)OCC. The second-order valence-corrected chi connectivity index (χ2v) is 11.5. The maximum absolute atomic E-state index is 12.6. The molecule has 1 amide bonds. The summed E-state index contributed by atoms with van der Waals surface area (Å²) >= 11 is 1.70. The lowest BCUT2D eigenvalue weighted by Crippen LogP contribution is -2.42. The summed E-state index contributed by atoms with van der Waals surface area (Å²) in [6.45, 7) is 11.2. The molecule has 1 rings (SSSR count). The van der Waals surface area contributed by atoms with E-state index in [1.807, 2.05) is 59.9 Å². The van der Waals surface area contributed by atoms with Gasteiger partial charge >= 0.3 is 13.7 Å². The summed E-state index contributed by atoms with van der Waals surface area (Å²) < 4.78 is 28.8. The van der Waals surface area contributed by atoms with E-state index in [-0.39, 0.29) is 6.04 Å². The zero-order valence-corrected chi connectivity index (χ0v) is 21.5. The summed E-state index contributed by atoms with van der Waals surface area (Å²) in [4.78, 5) is 15.5. The molecule has 0 aliphatic rings. The number of hydrogen-bond acceptors (Lipinski definition) is 7. The molecule has 9 heteroatoms. The van der Waals surface area contributed by atoms with E-state index < -0.39 is 19.3 Å². The van der Waals surface area contributed by atoms with Crippen LogP contribution in [0.3, 0.4) is 0 Å². The molecule has 178 valence electrons. The van der Waals surface area contributed by atoms with Crippen LogP contribution in [0.1, 0.15) is 41.0 Å². The van der Waals surface area contributed by atoms with E-state index in [9.17, 15) is 9.36 Å². The highest BCUT2D eigenvalue weighted by atomic mass is 32.2. The lowest BCUT2D eigenvalue weighted by atomic mass is 10.2. The van der Waals surface area contributed by atoms with Crippen LogP contribution in [0.15, 0.2) is 35.2 Å². The predicted molar refractivity (Wildman–Crippen MR) is 128 cm³/mol. The maximum atomic E-state index is 12.6. The van der Waals surface area contributed by atoms with Gasteiger partial charge in [0.15, 0.2) is 0 Å². The highest BCUT2D eigenvalue weighted by Crippen LogP contribution is 2.47. The van der Waals surface area contributed by atoms with Gasteiger partial charge in [-0.1, -0.05) is 18.2 Å². The lowest BCUT2D eigenvalue weighted by Gasteiger charge is -2.26. The summed E-state index contributed by atoms with van der Waals surface area (Å²) in [5.74, 6) is 0.730. The Morgan fingerprint density at radius 2 is 1.74 bits per heavy atom. The number of ether oxygens (including phenoxy) is 1. The summed E-state index contributed by atoms with van der Waals surface area (Å²) in [7, 11) is -1.09. The Kier molecular flexibility index (Phi) is 12.8. The molecule has 0 heterocycles. The van der Waals surface area contributed by atoms with Crippen molar-refractivity contribution in [3.8, 4) is 0 Å². The van der Waals surface area contributed by atoms with Gasteiger partial charge in [-0.15, -0.1) is 11.8 Å². The molecule has 0 fully saturated rings.